The first kappa shape index (κ1) is 15.9. The maximum Gasteiger partial charge on any atom is 0.276 e. The zero-order valence-corrected chi connectivity index (χ0v) is 13.9. The fraction of sp³-hybridized carbons (Fsp3) is 0.150. The van der Waals surface area contributed by atoms with Crippen molar-refractivity contribution in [1.29, 1.82) is 0 Å². The van der Waals surface area contributed by atoms with E-state index in [4.69, 9.17) is 4.98 Å². The number of hydrogen-bond donors (Lipinski definition) is 0. The fourth-order valence-electron chi connectivity index (χ4n) is 2.84. The van der Waals surface area contributed by atoms with Crippen LogP contribution in [0.15, 0.2) is 42.5 Å². The predicted octanol–water partition coefficient (Wildman–Crippen LogP) is 5.24. The van der Waals surface area contributed by atoms with Gasteiger partial charge in [-0.25, -0.2) is 4.98 Å². The van der Waals surface area contributed by atoms with Crippen LogP contribution in [0.1, 0.15) is 27.9 Å². The summed E-state index contributed by atoms with van der Waals surface area (Å²) in [5, 5.41) is 12.2. The summed E-state index contributed by atoms with van der Waals surface area (Å²) in [6.07, 6.45) is 3.56. The summed E-state index contributed by atoms with van der Waals surface area (Å²) >= 11 is 0. The Balaban J connectivity index is 2.05. The highest BCUT2D eigenvalue weighted by molar-refractivity contribution is 5.87. The maximum atomic E-state index is 11.1. The minimum atomic E-state index is -0.371. The Hall–Kier alpha value is -3.01. The van der Waals surface area contributed by atoms with Crippen molar-refractivity contribution < 1.29 is 4.92 Å². The Morgan fingerprint density at radius 3 is 2.50 bits per heavy atom. The van der Waals surface area contributed by atoms with E-state index in [0.717, 1.165) is 22.2 Å². The molecule has 0 saturated heterocycles. The highest BCUT2D eigenvalue weighted by atomic mass is 16.6. The number of nitro benzene ring substituents is 1. The van der Waals surface area contributed by atoms with Crippen LogP contribution < -0.4 is 0 Å². The normalized spacial score (nSPS) is 11.3. The molecule has 0 fully saturated rings. The van der Waals surface area contributed by atoms with E-state index >= 15 is 0 Å². The first-order valence-corrected chi connectivity index (χ1v) is 7.76. The topological polar surface area (TPSA) is 56.0 Å². The molecule has 2 aromatic carbocycles. The zero-order valence-electron chi connectivity index (χ0n) is 13.9. The number of nitro groups is 1. The van der Waals surface area contributed by atoms with E-state index in [0.29, 0.717) is 5.56 Å². The number of pyridine rings is 1. The first-order chi connectivity index (χ1) is 11.5. The van der Waals surface area contributed by atoms with E-state index in [2.05, 4.69) is 32.9 Å². The van der Waals surface area contributed by atoms with Gasteiger partial charge in [-0.1, -0.05) is 24.3 Å². The van der Waals surface area contributed by atoms with Gasteiger partial charge in [0.05, 0.1) is 21.7 Å². The van der Waals surface area contributed by atoms with Crippen LogP contribution in [0.3, 0.4) is 0 Å². The Kier molecular flexibility index (Phi) is 4.13. The highest BCUT2D eigenvalue weighted by Gasteiger charge is 2.10. The molecule has 0 atom stereocenters. The molecule has 0 aliphatic rings. The van der Waals surface area contributed by atoms with Crippen molar-refractivity contribution in [3.8, 4) is 0 Å². The van der Waals surface area contributed by atoms with Crippen LogP contribution in [0.2, 0.25) is 0 Å². The standard InChI is InChI=1S/C20H18N2O2/c1-13-12-14(2)18-11-10-17(21-20(18)15(13)3)9-8-16-6-4-5-7-19(16)22(23)24/h4-12H,1-3H3/b9-8+. The summed E-state index contributed by atoms with van der Waals surface area (Å²) in [7, 11) is 0. The second-order valence-electron chi connectivity index (χ2n) is 5.92. The van der Waals surface area contributed by atoms with Gasteiger partial charge < -0.3 is 0 Å². The molecule has 0 spiro atoms. The minimum Gasteiger partial charge on any atom is -0.258 e. The Morgan fingerprint density at radius 1 is 1.00 bits per heavy atom. The lowest BCUT2D eigenvalue weighted by Crippen LogP contribution is -1.93. The van der Waals surface area contributed by atoms with Gasteiger partial charge in [0.2, 0.25) is 0 Å². The van der Waals surface area contributed by atoms with E-state index in [1.54, 1.807) is 24.3 Å². The maximum absolute atomic E-state index is 11.1. The van der Waals surface area contributed by atoms with Crippen LogP contribution in [-0.4, -0.2) is 9.91 Å². The van der Waals surface area contributed by atoms with Gasteiger partial charge in [-0.2, -0.15) is 0 Å². The lowest BCUT2D eigenvalue weighted by atomic mass is 10.0. The molecular formula is C20H18N2O2. The van der Waals surface area contributed by atoms with E-state index in [1.165, 1.54) is 17.2 Å². The average Bonchev–Trinajstić information content (AvgIpc) is 2.58. The predicted molar refractivity (Wildman–Crippen MR) is 98.0 cm³/mol. The van der Waals surface area contributed by atoms with Gasteiger partial charge in [0.15, 0.2) is 0 Å². The molecule has 0 amide bonds. The van der Waals surface area contributed by atoms with Crippen LogP contribution in [0.25, 0.3) is 23.1 Å². The molecule has 4 heteroatoms. The monoisotopic (exact) mass is 318 g/mol. The van der Waals surface area contributed by atoms with Crippen LogP contribution in [-0.2, 0) is 0 Å². The van der Waals surface area contributed by atoms with Crippen LogP contribution in [0.5, 0.6) is 0 Å². The van der Waals surface area contributed by atoms with Crippen molar-refractivity contribution in [2.45, 2.75) is 20.8 Å². The number of hydrogen-bond acceptors (Lipinski definition) is 3. The Morgan fingerprint density at radius 2 is 1.75 bits per heavy atom. The quantitative estimate of drug-likeness (QED) is 0.490. The van der Waals surface area contributed by atoms with Gasteiger partial charge in [-0.05, 0) is 61.7 Å². The number of benzene rings is 2. The van der Waals surface area contributed by atoms with E-state index in [-0.39, 0.29) is 10.6 Å². The van der Waals surface area contributed by atoms with Crippen LogP contribution in [0, 0.1) is 30.9 Å². The molecule has 1 heterocycles. The Labute approximate surface area is 140 Å². The molecule has 0 radical (unpaired) electrons. The molecule has 0 aliphatic carbocycles. The summed E-state index contributed by atoms with van der Waals surface area (Å²) < 4.78 is 0. The van der Waals surface area contributed by atoms with Crippen molar-refractivity contribution in [2.75, 3.05) is 0 Å². The van der Waals surface area contributed by atoms with Gasteiger partial charge in [-0.3, -0.25) is 10.1 Å². The second kappa shape index (κ2) is 6.24. The third-order valence-corrected chi connectivity index (χ3v) is 4.29. The molecule has 4 nitrogen and oxygen atoms in total. The fourth-order valence-corrected chi connectivity index (χ4v) is 2.84. The van der Waals surface area contributed by atoms with Crippen molar-refractivity contribution in [2.24, 2.45) is 0 Å². The van der Waals surface area contributed by atoms with Gasteiger partial charge >= 0.3 is 0 Å². The van der Waals surface area contributed by atoms with Crippen molar-refractivity contribution in [1.82, 2.24) is 4.98 Å². The first-order valence-electron chi connectivity index (χ1n) is 7.76. The molecule has 0 unspecified atom stereocenters. The third kappa shape index (κ3) is 2.91. The van der Waals surface area contributed by atoms with Crippen molar-refractivity contribution in [3.05, 3.63) is 80.5 Å². The second-order valence-corrected chi connectivity index (χ2v) is 5.92. The largest absolute Gasteiger partial charge is 0.276 e. The molecule has 0 bridgehead atoms. The molecule has 3 aromatic rings. The highest BCUT2D eigenvalue weighted by Crippen LogP contribution is 2.25. The van der Waals surface area contributed by atoms with Crippen LogP contribution >= 0.6 is 0 Å². The zero-order chi connectivity index (χ0) is 17.3. The Bertz CT molecular complexity index is 975. The van der Waals surface area contributed by atoms with E-state index in [9.17, 15) is 10.1 Å². The van der Waals surface area contributed by atoms with Crippen LogP contribution in [0.4, 0.5) is 5.69 Å². The minimum absolute atomic E-state index is 0.0948. The molecule has 0 aliphatic heterocycles. The van der Waals surface area contributed by atoms with Gasteiger partial charge in [-0.15, -0.1) is 0 Å². The average molecular weight is 318 g/mol. The smallest absolute Gasteiger partial charge is 0.258 e. The van der Waals surface area contributed by atoms with E-state index < -0.39 is 0 Å². The summed E-state index contributed by atoms with van der Waals surface area (Å²) in [6, 6.07) is 12.9. The van der Waals surface area contributed by atoms with Crippen molar-refractivity contribution in [3.63, 3.8) is 0 Å². The number of aromatic nitrogens is 1. The number of aryl methyl sites for hydroxylation is 3. The third-order valence-electron chi connectivity index (χ3n) is 4.29. The number of fused-ring (bicyclic) bond motifs is 1. The van der Waals surface area contributed by atoms with Crippen molar-refractivity contribution >= 4 is 28.7 Å². The summed E-state index contributed by atoms with van der Waals surface area (Å²) in [4.78, 5) is 15.4. The molecule has 3 rings (SSSR count). The summed E-state index contributed by atoms with van der Waals surface area (Å²) in [5.41, 5.74) is 6.02. The van der Waals surface area contributed by atoms with Gasteiger partial charge in [0, 0.05) is 11.5 Å². The molecule has 0 saturated carbocycles. The lowest BCUT2D eigenvalue weighted by Gasteiger charge is -2.09. The molecule has 1 aromatic heterocycles. The van der Waals surface area contributed by atoms with E-state index in [1.807, 2.05) is 12.1 Å². The number of rotatable bonds is 3. The van der Waals surface area contributed by atoms with Gasteiger partial charge in [0.1, 0.15) is 0 Å². The summed E-state index contributed by atoms with van der Waals surface area (Å²) in [6.45, 7) is 6.23. The molecule has 24 heavy (non-hydrogen) atoms. The van der Waals surface area contributed by atoms with Gasteiger partial charge in [0.25, 0.3) is 5.69 Å². The SMILES string of the molecule is Cc1cc(C)c2ccc(/C=C/c3ccccc3[N+](=O)[O-])nc2c1C. The molecule has 0 N–H and O–H groups in total. The number of nitrogens with zero attached hydrogens (tertiary/aromatic N) is 2. The lowest BCUT2D eigenvalue weighted by molar-refractivity contribution is -0.385. The summed E-state index contributed by atoms with van der Waals surface area (Å²) in [5.74, 6) is 0. The molecule has 120 valence electrons. The molecular weight excluding hydrogens is 300 g/mol. The number of para-hydroxylation sites is 1.